The second-order valence-electron chi connectivity index (χ2n) is 7.14. The Bertz CT molecular complexity index is 960. The van der Waals surface area contributed by atoms with Crippen LogP contribution in [0.2, 0.25) is 0 Å². The fourth-order valence-electron chi connectivity index (χ4n) is 3.46. The average Bonchev–Trinajstić information content (AvgIpc) is 3.06. The van der Waals surface area contributed by atoms with E-state index in [0.29, 0.717) is 30.5 Å². The summed E-state index contributed by atoms with van der Waals surface area (Å²) in [5.41, 5.74) is 3.33. The molecule has 0 aliphatic carbocycles. The zero-order chi connectivity index (χ0) is 20.1. The van der Waals surface area contributed by atoms with Crippen LogP contribution < -0.4 is 14.8 Å². The molecule has 0 atom stereocenters. The Morgan fingerprint density at radius 1 is 1.07 bits per heavy atom. The maximum absolute atomic E-state index is 12.5. The van der Waals surface area contributed by atoms with Gasteiger partial charge >= 0.3 is 0 Å². The summed E-state index contributed by atoms with van der Waals surface area (Å²) in [6.45, 7) is 4.88. The third kappa shape index (κ3) is 4.30. The number of carbonyl (C=O) groups excluding carboxylic acids is 1. The van der Waals surface area contributed by atoms with E-state index in [-0.39, 0.29) is 5.91 Å². The minimum absolute atomic E-state index is 0.0344. The summed E-state index contributed by atoms with van der Waals surface area (Å²) in [5.74, 6) is 1.44. The Hall–Kier alpha value is -2.95. The fraction of sp³-hybridized carbons (Fsp3) is 0.348. The summed E-state index contributed by atoms with van der Waals surface area (Å²) >= 11 is 0. The van der Waals surface area contributed by atoms with Crippen molar-refractivity contribution >= 4 is 16.8 Å². The van der Waals surface area contributed by atoms with Crippen LogP contribution in [-0.2, 0) is 17.6 Å². The first-order chi connectivity index (χ1) is 13.5. The van der Waals surface area contributed by atoms with Crippen molar-refractivity contribution in [3.63, 3.8) is 0 Å². The van der Waals surface area contributed by atoms with Crippen LogP contribution in [0.25, 0.3) is 10.9 Å². The number of hydrogen-bond donors (Lipinski definition) is 1. The lowest BCUT2D eigenvalue weighted by Gasteiger charge is -2.10. The number of nitrogens with zero attached hydrogens (tertiary/aromatic N) is 1. The van der Waals surface area contributed by atoms with E-state index in [1.807, 2.05) is 30.3 Å². The summed E-state index contributed by atoms with van der Waals surface area (Å²) in [7, 11) is 3.24. The van der Waals surface area contributed by atoms with Crippen molar-refractivity contribution in [2.24, 2.45) is 0 Å². The second kappa shape index (κ2) is 8.83. The molecule has 0 aliphatic rings. The van der Waals surface area contributed by atoms with Crippen molar-refractivity contribution in [2.45, 2.75) is 32.7 Å². The Balaban J connectivity index is 1.62. The molecule has 1 heterocycles. The second-order valence-corrected chi connectivity index (χ2v) is 7.14. The van der Waals surface area contributed by atoms with Crippen LogP contribution in [0.5, 0.6) is 11.5 Å². The normalized spacial score (nSPS) is 11.0. The summed E-state index contributed by atoms with van der Waals surface area (Å²) < 4.78 is 12.8. The van der Waals surface area contributed by atoms with Crippen molar-refractivity contribution in [1.29, 1.82) is 0 Å². The average molecular weight is 380 g/mol. The molecule has 0 spiro atoms. The largest absolute Gasteiger partial charge is 0.493 e. The molecular formula is C23H28N2O3. The molecule has 5 heteroatoms. The van der Waals surface area contributed by atoms with Crippen molar-refractivity contribution in [1.82, 2.24) is 9.88 Å². The molecule has 0 saturated carbocycles. The minimum atomic E-state index is 0.0344. The fourth-order valence-corrected chi connectivity index (χ4v) is 3.46. The summed E-state index contributed by atoms with van der Waals surface area (Å²) in [6.07, 6.45) is 3.22. The van der Waals surface area contributed by atoms with Gasteiger partial charge in [-0.2, -0.15) is 0 Å². The number of rotatable bonds is 8. The van der Waals surface area contributed by atoms with Gasteiger partial charge < -0.3 is 19.4 Å². The molecular weight excluding hydrogens is 352 g/mol. The van der Waals surface area contributed by atoms with Gasteiger partial charge in [0.05, 0.1) is 20.6 Å². The molecule has 0 saturated heterocycles. The molecule has 0 fully saturated rings. The van der Waals surface area contributed by atoms with Gasteiger partial charge in [0.1, 0.15) is 0 Å². The van der Waals surface area contributed by atoms with Gasteiger partial charge in [0.15, 0.2) is 11.5 Å². The SMILES string of the molecule is COc1ccc(CCNC(=O)Cc2cn(C(C)C)c3ccccc23)cc1OC. The Kier molecular flexibility index (Phi) is 6.24. The highest BCUT2D eigenvalue weighted by molar-refractivity contribution is 5.89. The van der Waals surface area contributed by atoms with Gasteiger partial charge in [-0.05, 0) is 49.6 Å². The summed E-state index contributed by atoms with van der Waals surface area (Å²) in [6, 6.07) is 14.4. The lowest BCUT2D eigenvalue weighted by molar-refractivity contribution is -0.120. The van der Waals surface area contributed by atoms with Gasteiger partial charge in [-0.1, -0.05) is 24.3 Å². The third-order valence-electron chi connectivity index (χ3n) is 4.91. The van der Waals surface area contributed by atoms with Crippen molar-refractivity contribution in [3.05, 3.63) is 59.8 Å². The van der Waals surface area contributed by atoms with E-state index in [1.165, 1.54) is 5.52 Å². The number of hydrogen-bond acceptors (Lipinski definition) is 3. The number of ether oxygens (including phenoxy) is 2. The number of fused-ring (bicyclic) bond motifs is 1. The molecule has 1 aromatic heterocycles. The van der Waals surface area contributed by atoms with E-state index in [9.17, 15) is 4.79 Å². The molecule has 2 aromatic carbocycles. The predicted molar refractivity (Wildman–Crippen MR) is 112 cm³/mol. The standard InChI is InChI=1S/C23H28N2O3/c1-16(2)25-15-18(19-7-5-6-8-20(19)25)14-23(26)24-12-11-17-9-10-21(27-3)22(13-17)28-4/h5-10,13,15-16H,11-12,14H2,1-4H3,(H,24,26). The van der Waals surface area contributed by atoms with Gasteiger partial charge in [0, 0.05) is 29.7 Å². The monoisotopic (exact) mass is 380 g/mol. The van der Waals surface area contributed by atoms with Crippen LogP contribution in [0, 0.1) is 0 Å². The van der Waals surface area contributed by atoms with Crippen LogP contribution in [0.3, 0.4) is 0 Å². The highest BCUT2D eigenvalue weighted by atomic mass is 16.5. The van der Waals surface area contributed by atoms with E-state index in [1.54, 1.807) is 14.2 Å². The number of benzene rings is 2. The molecule has 3 aromatic rings. The van der Waals surface area contributed by atoms with Crippen LogP contribution in [0.1, 0.15) is 31.0 Å². The molecule has 0 unspecified atom stereocenters. The predicted octanol–water partition coefficient (Wildman–Crippen LogP) is 4.14. The molecule has 0 radical (unpaired) electrons. The van der Waals surface area contributed by atoms with Crippen molar-refractivity contribution in [3.8, 4) is 11.5 Å². The van der Waals surface area contributed by atoms with Crippen LogP contribution in [0.4, 0.5) is 0 Å². The number of aromatic nitrogens is 1. The lowest BCUT2D eigenvalue weighted by Crippen LogP contribution is -2.27. The van der Waals surface area contributed by atoms with Crippen LogP contribution in [-0.4, -0.2) is 31.2 Å². The van der Waals surface area contributed by atoms with E-state index in [0.717, 1.165) is 22.9 Å². The molecule has 1 amide bonds. The van der Waals surface area contributed by atoms with Crippen LogP contribution >= 0.6 is 0 Å². The zero-order valence-corrected chi connectivity index (χ0v) is 17.0. The van der Waals surface area contributed by atoms with E-state index < -0.39 is 0 Å². The Morgan fingerprint density at radius 2 is 1.82 bits per heavy atom. The number of amides is 1. The third-order valence-corrected chi connectivity index (χ3v) is 4.91. The first kappa shape index (κ1) is 19.8. The van der Waals surface area contributed by atoms with E-state index >= 15 is 0 Å². The Morgan fingerprint density at radius 3 is 2.54 bits per heavy atom. The number of methoxy groups -OCH3 is 2. The lowest BCUT2D eigenvalue weighted by atomic mass is 10.1. The summed E-state index contributed by atoms with van der Waals surface area (Å²) in [5, 5.41) is 4.17. The first-order valence-electron chi connectivity index (χ1n) is 9.59. The van der Waals surface area contributed by atoms with Crippen molar-refractivity contribution in [2.75, 3.05) is 20.8 Å². The smallest absolute Gasteiger partial charge is 0.224 e. The van der Waals surface area contributed by atoms with Crippen LogP contribution in [0.15, 0.2) is 48.7 Å². The highest BCUT2D eigenvalue weighted by Crippen LogP contribution is 2.28. The number of carbonyl (C=O) groups is 1. The Labute approximate surface area is 166 Å². The van der Waals surface area contributed by atoms with Gasteiger partial charge in [-0.25, -0.2) is 0 Å². The van der Waals surface area contributed by atoms with Gasteiger partial charge in [0.2, 0.25) is 5.91 Å². The van der Waals surface area contributed by atoms with E-state index in [2.05, 4.69) is 42.1 Å². The first-order valence-corrected chi connectivity index (χ1v) is 9.59. The van der Waals surface area contributed by atoms with Gasteiger partial charge in [-0.15, -0.1) is 0 Å². The molecule has 3 rings (SSSR count). The molecule has 0 aliphatic heterocycles. The topological polar surface area (TPSA) is 52.5 Å². The van der Waals surface area contributed by atoms with Crippen molar-refractivity contribution < 1.29 is 14.3 Å². The number of para-hydroxylation sites is 1. The quantitative estimate of drug-likeness (QED) is 0.639. The van der Waals surface area contributed by atoms with Gasteiger partial charge in [-0.3, -0.25) is 4.79 Å². The highest BCUT2D eigenvalue weighted by Gasteiger charge is 2.13. The molecule has 28 heavy (non-hydrogen) atoms. The molecule has 0 bridgehead atoms. The maximum atomic E-state index is 12.5. The molecule has 148 valence electrons. The number of nitrogens with one attached hydrogen (secondary N) is 1. The summed E-state index contributed by atoms with van der Waals surface area (Å²) in [4.78, 5) is 12.5. The van der Waals surface area contributed by atoms with Gasteiger partial charge in [0.25, 0.3) is 0 Å². The zero-order valence-electron chi connectivity index (χ0n) is 17.0. The van der Waals surface area contributed by atoms with E-state index in [4.69, 9.17) is 9.47 Å². The maximum Gasteiger partial charge on any atom is 0.224 e. The molecule has 5 nitrogen and oxygen atoms in total. The molecule has 1 N–H and O–H groups in total. The minimum Gasteiger partial charge on any atom is -0.493 e.